The molecule has 1 aliphatic heterocycles. The van der Waals surface area contributed by atoms with E-state index in [9.17, 15) is 0 Å². The number of piperidine rings is 1. The number of hydrogen-bond donors (Lipinski definition) is 1. The lowest BCUT2D eigenvalue weighted by molar-refractivity contribution is 0.218. The number of ether oxygens (including phenoxy) is 1. The normalized spacial score (nSPS) is 18.3. The summed E-state index contributed by atoms with van der Waals surface area (Å²) in [7, 11) is 3.76. The lowest BCUT2D eigenvalue weighted by Crippen LogP contribution is -2.29. The Morgan fingerprint density at radius 1 is 1.26 bits per heavy atom. The molecule has 0 bridgehead atoms. The zero-order valence-electron chi connectivity index (χ0n) is 12.4. The van der Waals surface area contributed by atoms with Crippen LogP contribution in [-0.4, -0.2) is 32.1 Å². The maximum absolute atomic E-state index is 5.51. The van der Waals surface area contributed by atoms with Crippen molar-refractivity contribution in [1.29, 1.82) is 0 Å². The molecule has 2 rings (SSSR count). The van der Waals surface area contributed by atoms with Crippen molar-refractivity contribution in [2.24, 2.45) is 0 Å². The molecule has 1 aliphatic rings. The average molecular weight is 262 g/mol. The van der Waals surface area contributed by atoms with Crippen LogP contribution in [0.1, 0.15) is 43.4 Å². The number of rotatable bonds is 5. The van der Waals surface area contributed by atoms with Gasteiger partial charge in [0.1, 0.15) is 5.75 Å². The van der Waals surface area contributed by atoms with E-state index in [2.05, 4.69) is 35.3 Å². The summed E-state index contributed by atoms with van der Waals surface area (Å²) >= 11 is 0. The van der Waals surface area contributed by atoms with Gasteiger partial charge in [0.25, 0.3) is 0 Å². The summed E-state index contributed by atoms with van der Waals surface area (Å²) in [5.41, 5.74) is 2.64. The van der Waals surface area contributed by atoms with E-state index in [-0.39, 0.29) is 0 Å². The number of likely N-dealkylation sites (tertiary alicyclic amines) is 1. The second-order valence-corrected chi connectivity index (χ2v) is 5.42. The third-order valence-corrected chi connectivity index (χ3v) is 4.08. The summed E-state index contributed by atoms with van der Waals surface area (Å²) in [4.78, 5) is 2.54. The number of benzene rings is 1. The molecule has 1 heterocycles. The van der Waals surface area contributed by atoms with Gasteiger partial charge in [-0.05, 0) is 57.6 Å². The number of methoxy groups -OCH3 is 1. The zero-order chi connectivity index (χ0) is 13.7. The highest BCUT2D eigenvalue weighted by molar-refractivity contribution is 5.38. The van der Waals surface area contributed by atoms with E-state index in [1.165, 1.54) is 43.5 Å². The van der Waals surface area contributed by atoms with Crippen LogP contribution in [0.25, 0.3) is 0 Å². The zero-order valence-corrected chi connectivity index (χ0v) is 12.4. The lowest BCUT2D eigenvalue weighted by Gasteiger charge is -2.27. The van der Waals surface area contributed by atoms with Crippen molar-refractivity contribution in [3.05, 3.63) is 29.3 Å². The number of hydrogen-bond acceptors (Lipinski definition) is 3. The van der Waals surface area contributed by atoms with Gasteiger partial charge in [-0.15, -0.1) is 0 Å². The van der Waals surface area contributed by atoms with Gasteiger partial charge in [-0.2, -0.15) is 0 Å². The molecule has 0 radical (unpaired) electrons. The molecule has 0 saturated carbocycles. The maximum atomic E-state index is 5.51. The minimum Gasteiger partial charge on any atom is -0.496 e. The van der Waals surface area contributed by atoms with Crippen molar-refractivity contribution in [3.63, 3.8) is 0 Å². The van der Waals surface area contributed by atoms with Crippen LogP contribution >= 0.6 is 0 Å². The van der Waals surface area contributed by atoms with Crippen LogP contribution in [-0.2, 0) is 6.54 Å². The molecule has 1 atom stereocenters. The molecule has 0 aliphatic carbocycles. The van der Waals surface area contributed by atoms with Gasteiger partial charge in [0.15, 0.2) is 0 Å². The Bertz CT molecular complexity index is 400. The Labute approximate surface area is 116 Å². The van der Waals surface area contributed by atoms with E-state index in [0.717, 1.165) is 12.3 Å². The topological polar surface area (TPSA) is 24.5 Å². The van der Waals surface area contributed by atoms with Crippen molar-refractivity contribution in [2.75, 3.05) is 27.2 Å². The fourth-order valence-corrected chi connectivity index (χ4v) is 2.72. The third kappa shape index (κ3) is 3.71. The Hall–Kier alpha value is -1.06. The quantitative estimate of drug-likeness (QED) is 0.883. The van der Waals surface area contributed by atoms with Crippen molar-refractivity contribution >= 4 is 0 Å². The molecule has 3 heteroatoms. The molecule has 0 spiro atoms. The predicted molar refractivity (Wildman–Crippen MR) is 79.6 cm³/mol. The van der Waals surface area contributed by atoms with E-state index in [1.807, 2.05) is 7.05 Å². The molecule has 1 aromatic rings. The van der Waals surface area contributed by atoms with Crippen LogP contribution in [0.5, 0.6) is 5.75 Å². The van der Waals surface area contributed by atoms with Gasteiger partial charge in [-0.3, -0.25) is 4.90 Å². The molecular weight excluding hydrogens is 236 g/mol. The maximum Gasteiger partial charge on any atom is 0.123 e. The van der Waals surface area contributed by atoms with Crippen LogP contribution in [0.4, 0.5) is 0 Å². The summed E-state index contributed by atoms with van der Waals surface area (Å²) in [5.74, 6) is 1.01. The summed E-state index contributed by atoms with van der Waals surface area (Å²) in [6.07, 6.45) is 4.04. The Balaban J connectivity index is 2.15. The van der Waals surface area contributed by atoms with Gasteiger partial charge in [0, 0.05) is 18.2 Å². The summed E-state index contributed by atoms with van der Waals surface area (Å²) < 4.78 is 5.51. The molecule has 1 unspecified atom stereocenters. The van der Waals surface area contributed by atoms with Crippen molar-refractivity contribution in [3.8, 4) is 5.75 Å². The summed E-state index contributed by atoms with van der Waals surface area (Å²) in [5, 5.41) is 3.30. The molecule has 106 valence electrons. The monoisotopic (exact) mass is 262 g/mol. The second-order valence-electron chi connectivity index (χ2n) is 5.42. The third-order valence-electron chi connectivity index (χ3n) is 4.08. The van der Waals surface area contributed by atoms with Crippen LogP contribution in [0.3, 0.4) is 0 Å². The van der Waals surface area contributed by atoms with E-state index >= 15 is 0 Å². The largest absolute Gasteiger partial charge is 0.496 e. The predicted octanol–water partition coefficient (Wildman–Crippen LogP) is 2.96. The standard InChI is InChI=1S/C16H26N2O/c1-13(17-2)14-7-8-16(19-3)15(11-14)12-18-9-5-4-6-10-18/h7-8,11,13,17H,4-6,9-10,12H2,1-3H3. The second kappa shape index (κ2) is 6.92. The summed E-state index contributed by atoms with van der Waals surface area (Å²) in [6.45, 7) is 5.63. The molecule has 1 aromatic carbocycles. The molecular formula is C16H26N2O. The van der Waals surface area contributed by atoms with Gasteiger partial charge in [0.2, 0.25) is 0 Å². The smallest absolute Gasteiger partial charge is 0.123 e. The molecule has 19 heavy (non-hydrogen) atoms. The van der Waals surface area contributed by atoms with E-state index in [0.29, 0.717) is 6.04 Å². The van der Waals surface area contributed by atoms with Gasteiger partial charge in [-0.1, -0.05) is 12.5 Å². The first-order valence-electron chi connectivity index (χ1n) is 7.31. The highest BCUT2D eigenvalue weighted by atomic mass is 16.5. The Kier molecular flexibility index (Phi) is 5.23. The Morgan fingerprint density at radius 2 is 2.00 bits per heavy atom. The Morgan fingerprint density at radius 3 is 2.63 bits per heavy atom. The molecule has 0 amide bonds. The first-order chi connectivity index (χ1) is 9.24. The van der Waals surface area contributed by atoms with E-state index in [4.69, 9.17) is 4.74 Å². The van der Waals surface area contributed by atoms with Gasteiger partial charge in [-0.25, -0.2) is 0 Å². The minimum absolute atomic E-state index is 0.381. The molecule has 3 nitrogen and oxygen atoms in total. The van der Waals surface area contributed by atoms with Gasteiger partial charge < -0.3 is 10.1 Å². The molecule has 1 fully saturated rings. The number of nitrogens with one attached hydrogen (secondary N) is 1. The minimum atomic E-state index is 0.381. The first kappa shape index (κ1) is 14.4. The summed E-state index contributed by atoms with van der Waals surface area (Å²) in [6, 6.07) is 6.92. The fraction of sp³-hybridized carbons (Fsp3) is 0.625. The van der Waals surface area contributed by atoms with E-state index in [1.54, 1.807) is 7.11 Å². The van der Waals surface area contributed by atoms with Crippen LogP contribution < -0.4 is 10.1 Å². The van der Waals surface area contributed by atoms with Crippen molar-refractivity contribution < 1.29 is 4.74 Å². The lowest BCUT2D eigenvalue weighted by atomic mass is 10.0. The van der Waals surface area contributed by atoms with Gasteiger partial charge in [0.05, 0.1) is 7.11 Å². The molecule has 1 saturated heterocycles. The highest BCUT2D eigenvalue weighted by Crippen LogP contribution is 2.25. The average Bonchev–Trinajstić information content (AvgIpc) is 2.47. The van der Waals surface area contributed by atoms with Crippen LogP contribution in [0.2, 0.25) is 0 Å². The first-order valence-corrected chi connectivity index (χ1v) is 7.31. The fourth-order valence-electron chi connectivity index (χ4n) is 2.72. The van der Waals surface area contributed by atoms with Crippen LogP contribution in [0.15, 0.2) is 18.2 Å². The molecule has 1 N–H and O–H groups in total. The van der Waals surface area contributed by atoms with Crippen LogP contribution in [0, 0.1) is 0 Å². The SMILES string of the molecule is CNC(C)c1ccc(OC)c(CN2CCCCC2)c1. The van der Waals surface area contributed by atoms with E-state index < -0.39 is 0 Å². The number of nitrogens with zero attached hydrogens (tertiary/aromatic N) is 1. The molecule has 0 aromatic heterocycles. The van der Waals surface area contributed by atoms with Gasteiger partial charge >= 0.3 is 0 Å². The highest BCUT2D eigenvalue weighted by Gasteiger charge is 2.14. The van der Waals surface area contributed by atoms with Crippen molar-refractivity contribution in [1.82, 2.24) is 10.2 Å². The van der Waals surface area contributed by atoms with Crippen molar-refractivity contribution in [2.45, 2.75) is 38.8 Å².